The number of piperidine rings is 1. The lowest BCUT2D eigenvalue weighted by molar-refractivity contribution is -0.118. The van der Waals surface area contributed by atoms with E-state index in [0.717, 1.165) is 26.3 Å². The number of hydrogen-bond acceptors (Lipinski definition) is 8. The van der Waals surface area contributed by atoms with Crippen LogP contribution in [-0.4, -0.2) is 140 Å². The van der Waals surface area contributed by atoms with Crippen molar-refractivity contribution in [2.24, 2.45) is 7.05 Å². The van der Waals surface area contributed by atoms with Gasteiger partial charge in [-0.15, -0.1) is 0 Å². The maximum atomic E-state index is 10.3. The number of hydrogen-bond donors (Lipinski definition) is 1. The summed E-state index contributed by atoms with van der Waals surface area (Å²) >= 11 is 2.06. The quantitative estimate of drug-likeness (QED) is 0.570. The summed E-state index contributed by atoms with van der Waals surface area (Å²) in [6.45, 7) is 10.5. The molecule has 1 aromatic heterocycles. The van der Waals surface area contributed by atoms with Gasteiger partial charge in [0.1, 0.15) is 0 Å². The van der Waals surface area contributed by atoms with Crippen LogP contribution in [-0.2, 0) is 16.6 Å². The number of aryl methyl sites for hydroxylation is 1. The number of likely N-dealkylation sites (tertiary alicyclic amines) is 1. The number of imidazole rings is 1. The number of rotatable bonds is 0. The van der Waals surface area contributed by atoms with Crippen molar-refractivity contribution in [2.45, 2.75) is 19.3 Å². The summed E-state index contributed by atoms with van der Waals surface area (Å²) in [5, 5.41) is 2.66. The molecule has 4 fully saturated rings. The summed E-state index contributed by atoms with van der Waals surface area (Å²) in [4.78, 5) is 23.0. The summed E-state index contributed by atoms with van der Waals surface area (Å²) in [7, 11) is 10.3. The van der Waals surface area contributed by atoms with Gasteiger partial charge in [-0.2, -0.15) is 11.8 Å². The highest BCUT2D eigenvalue weighted by atomic mass is 32.2. The normalized spacial score (nSPS) is 21.9. The van der Waals surface area contributed by atoms with Gasteiger partial charge < -0.3 is 29.3 Å². The maximum Gasteiger partial charge on any atom is 0.235 e. The van der Waals surface area contributed by atoms with Crippen molar-refractivity contribution in [3.05, 3.63) is 18.7 Å². The number of carbonyl (C=O) groups is 1. The molecule has 0 radical (unpaired) electrons. The van der Waals surface area contributed by atoms with E-state index < -0.39 is 0 Å². The fourth-order valence-electron chi connectivity index (χ4n) is 3.27. The second-order valence-corrected chi connectivity index (χ2v) is 10.4. The summed E-state index contributed by atoms with van der Waals surface area (Å²) in [5.41, 5.74) is 0. The van der Waals surface area contributed by atoms with E-state index >= 15 is 0 Å². The van der Waals surface area contributed by atoms with Crippen molar-refractivity contribution in [2.75, 3.05) is 105 Å². The molecule has 4 aliphatic heterocycles. The smallest absolute Gasteiger partial charge is 0.235 e. The molecule has 0 aliphatic carbocycles. The summed E-state index contributed by atoms with van der Waals surface area (Å²) < 4.78 is 6.99. The van der Waals surface area contributed by atoms with Gasteiger partial charge in [-0.3, -0.25) is 9.69 Å². The maximum absolute atomic E-state index is 10.3. The molecular formula is C24H49N7O2S. The predicted octanol–water partition coefficient (Wildman–Crippen LogP) is 1.14. The highest BCUT2D eigenvalue weighted by Crippen LogP contribution is 2.06. The molecule has 1 N–H and O–H groups in total. The molecule has 10 heteroatoms. The molecule has 0 spiro atoms. The molecule has 9 nitrogen and oxygen atoms in total. The number of nitrogens with one attached hydrogen (secondary N) is 1. The summed E-state index contributed by atoms with van der Waals surface area (Å²) in [6.07, 6.45) is 9.66. The average Bonchev–Trinajstić information content (AvgIpc) is 3.47. The zero-order valence-electron chi connectivity index (χ0n) is 22.2. The number of morpholine rings is 1. The van der Waals surface area contributed by atoms with Gasteiger partial charge in [0.15, 0.2) is 0 Å². The van der Waals surface area contributed by atoms with Crippen molar-refractivity contribution in [3.63, 3.8) is 0 Å². The Morgan fingerprint density at radius 1 is 0.824 bits per heavy atom. The van der Waals surface area contributed by atoms with Gasteiger partial charge in [0.2, 0.25) is 5.91 Å². The molecule has 4 aliphatic rings. The third kappa shape index (κ3) is 18.2. The molecule has 0 bridgehead atoms. The Kier molecular flexibility index (Phi) is 18.2. The van der Waals surface area contributed by atoms with Crippen LogP contribution in [0.3, 0.4) is 0 Å². The van der Waals surface area contributed by atoms with Crippen LogP contribution in [0.5, 0.6) is 0 Å². The minimum absolute atomic E-state index is 0.127. The number of thioether (sulfide) groups is 1. The van der Waals surface area contributed by atoms with Crippen LogP contribution < -0.4 is 5.32 Å². The van der Waals surface area contributed by atoms with E-state index in [0.29, 0.717) is 13.2 Å². The first kappa shape index (κ1) is 30.9. The number of amides is 1. The second-order valence-electron chi connectivity index (χ2n) is 9.20. The number of nitrogens with zero attached hydrogens (tertiary/aromatic N) is 6. The predicted molar refractivity (Wildman–Crippen MR) is 143 cm³/mol. The number of aromatic nitrogens is 2. The minimum atomic E-state index is 0.127. The zero-order chi connectivity index (χ0) is 25.0. The third-order valence-corrected chi connectivity index (χ3v) is 6.59. The molecule has 0 saturated carbocycles. The second kappa shape index (κ2) is 20.1. The van der Waals surface area contributed by atoms with E-state index in [1.54, 1.807) is 12.5 Å². The van der Waals surface area contributed by atoms with Gasteiger partial charge in [0.25, 0.3) is 0 Å². The Balaban J connectivity index is 0.000000213. The van der Waals surface area contributed by atoms with Crippen molar-refractivity contribution in [3.8, 4) is 0 Å². The lowest BCUT2D eigenvalue weighted by Gasteiger charge is -2.21. The van der Waals surface area contributed by atoms with Crippen molar-refractivity contribution < 1.29 is 9.53 Å². The Labute approximate surface area is 212 Å². The SMILES string of the molecule is CN1CCCCC1.CN1CCOCC1.CN1CCSCC1.CN1CNC(=O)C1.Cn1ccnc1. The molecule has 0 unspecified atom stereocenters. The van der Waals surface area contributed by atoms with Crippen LogP contribution in [0.2, 0.25) is 0 Å². The van der Waals surface area contributed by atoms with Gasteiger partial charge in [-0.25, -0.2) is 4.98 Å². The minimum Gasteiger partial charge on any atom is -0.379 e. The molecule has 1 amide bonds. The fraction of sp³-hybridized carbons (Fsp3) is 0.833. The fourth-order valence-corrected chi connectivity index (χ4v) is 4.35. The van der Waals surface area contributed by atoms with Crippen LogP contribution in [0.4, 0.5) is 0 Å². The number of ether oxygens (including phenoxy) is 1. The van der Waals surface area contributed by atoms with Gasteiger partial charge in [-0.05, 0) is 54.1 Å². The Hall–Kier alpha value is -1.17. The molecule has 4 saturated heterocycles. The summed E-state index contributed by atoms with van der Waals surface area (Å²) in [5.74, 6) is 2.79. The number of likely N-dealkylation sites (N-methyl/N-ethyl adjacent to an activating group) is 2. The first-order valence-electron chi connectivity index (χ1n) is 12.4. The van der Waals surface area contributed by atoms with Crippen molar-refractivity contribution >= 4 is 17.7 Å². The van der Waals surface area contributed by atoms with E-state index in [1.165, 1.54) is 56.9 Å². The van der Waals surface area contributed by atoms with Crippen LogP contribution in [0.25, 0.3) is 0 Å². The molecular weight excluding hydrogens is 450 g/mol. The molecule has 0 atom stereocenters. The third-order valence-electron chi connectivity index (χ3n) is 5.65. The van der Waals surface area contributed by atoms with Gasteiger partial charge >= 0.3 is 0 Å². The lowest BCUT2D eigenvalue weighted by Crippen LogP contribution is -2.32. The van der Waals surface area contributed by atoms with Gasteiger partial charge in [0.05, 0.1) is 32.8 Å². The van der Waals surface area contributed by atoms with E-state index in [9.17, 15) is 4.79 Å². The Bertz CT molecular complexity index is 550. The Morgan fingerprint density at radius 3 is 1.65 bits per heavy atom. The van der Waals surface area contributed by atoms with Gasteiger partial charge in [0, 0.05) is 57.1 Å². The van der Waals surface area contributed by atoms with Crippen LogP contribution in [0.15, 0.2) is 18.7 Å². The van der Waals surface area contributed by atoms with Crippen LogP contribution in [0, 0.1) is 0 Å². The average molecular weight is 500 g/mol. The van der Waals surface area contributed by atoms with Crippen molar-refractivity contribution in [1.82, 2.24) is 34.5 Å². The highest BCUT2D eigenvalue weighted by Gasteiger charge is 2.12. The summed E-state index contributed by atoms with van der Waals surface area (Å²) in [6, 6.07) is 0. The molecule has 34 heavy (non-hydrogen) atoms. The molecule has 5 rings (SSSR count). The lowest BCUT2D eigenvalue weighted by atomic mass is 10.1. The van der Waals surface area contributed by atoms with Crippen LogP contribution >= 0.6 is 11.8 Å². The monoisotopic (exact) mass is 499 g/mol. The standard InChI is InChI=1S/C6H13N.C5H11NO.C5H11NS.C4H8N2O.C4H6N2/c1-7-5-3-2-4-6-7;2*1-6-2-4-7-5-3-6;1-6-2-4(7)5-3-6;1-6-3-2-5-4-6/h2-6H2,1H3;2*2-5H2,1H3;2-3H2,1H3,(H,5,7);2-4H,1H3. The first-order chi connectivity index (χ1) is 16.4. The molecule has 5 heterocycles. The topological polar surface area (TPSA) is 69.1 Å². The molecule has 1 aromatic rings. The highest BCUT2D eigenvalue weighted by molar-refractivity contribution is 7.99. The largest absolute Gasteiger partial charge is 0.379 e. The Morgan fingerprint density at radius 2 is 1.41 bits per heavy atom. The van der Waals surface area contributed by atoms with Crippen molar-refractivity contribution in [1.29, 1.82) is 0 Å². The van der Waals surface area contributed by atoms with E-state index in [1.807, 2.05) is 29.8 Å². The number of carbonyl (C=O) groups excluding carboxylic acids is 1. The van der Waals surface area contributed by atoms with Gasteiger partial charge in [-0.1, -0.05) is 6.42 Å². The van der Waals surface area contributed by atoms with E-state index in [2.05, 4.69) is 57.9 Å². The van der Waals surface area contributed by atoms with E-state index in [-0.39, 0.29) is 5.91 Å². The zero-order valence-corrected chi connectivity index (χ0v) is 23.1. The molecule has 198 valence electrons. The van der Waals surface area contributed by atoms with E-state index in [4.69, 9.17) is 4.74 Å². The molecule has 0 aromatic carbocycles. The van der Waals surface area contributed by atoms with Crippen LogP contribution in [0.1, 0.15) is 19.3 Å². The first-order valence-corrected chi connectivity index (χ1v) is 13.6.